The molecule has 2 rings (SSSR count). The predicted octanol–water partition coefficient (Wildman–Crippen LogP) is 1.69. The van der Waals surface area contributed by atoms with E-state index in [1.165, 1.54) is 11.3 Å². The second-order valence-corrected chi connectivity index (χ2v) is 6.10. The van der Waals surface area contributed by atoms with Crippen molar-refractivity contribution in [3.05, 3.63) is 29.6 Å². The number of hydrogen-bond acceptors (Lipinski definition) is 3. The Hall–Kier alpha value is -1.62. The summed E-state index contributed by atoms with van der Waals surface area (Å²) in [6.45, 7) is 12.5. The van der Waals surface area contributed by atoms with Gasteiger partial charge in [0.05, 0.1) is 5.69 Å². The lowest BCUT2D eigenvalue weighted by molar-refractivity contribution is -0.131. The topological polar surface area (TPSA) is 41.4 Å². The maximum absolute atomic E-state index is 12.5. The van der Waals surface area contributed by atoms with Crippen molar-refractivity contribution < 1.29 is 4.79 Å². The van der Waals surface area contributed by atoms with Crippen LogP contribution >= 0.6 is 0 Å². The van der Waals surface area contributed by atoms with Gasteiger partial charge in [-0.15, -0.1) is 6.58 Å². The second kappa shape index (κ2) is 7.58. The van der Waals surface area contributed by atoms with Crippen LogP contribution in [0.5, 0.6) is 0 Å². The quantitative estimate of drug-likeness (QED) is 0.777. The maximum atomic E-state index is 12.5. The third-order valence-electron chi connectivity index (χ3n) is 4.58. The molecule has 0 aromatic carbocycles. The number of hydrogen-bond donors (Lipinski definition) is 0. The molecule has 1 fully saturated rings. The lowest BCUT2D eigenvalue weighted by Gasteiger charge is -2.21. The maximum Gasteiger partial charge on any atom is 0.222 e. The molecule has 22 heavy (non-hydrogen) atoms. The highest BCUT2D eigenvalue weighted by Gasteiger charge is 2.19. The largest absolute Gasteiger partial charge is 0.341 e. The number of aromatic nitrogens is 2. The first kappa shape index (κ1) is 16.7. The first-order chi connectivity index (χ1) is 10.5. The smallest absolute Gasteiger partial charge is 0.222 e. The molecule has 0 atom stereocenters. The third-order valence-corrected chi connectivity index (χ3v) is 4.58. The Morgan fingerprint density at radius 2 is 2.05 bits per heavy atom. The zero-order valence-corrected chi connectivity index (χ0v) is 14.1. The van der Waals surface area contributed by atoms with E-state index >= 15 is 0 Å². The SMILES string of the molecule is C=CCN1CCCN(C(=O)CCc2c(C)nn(C)c2C)CC1. The van der Waals surface area contributed by atoms with Crippen LogP contribution in [0.4, 0.5) is 0 Å². The summed E-state index contributed by atoms with van der Waals surface area (Å²) in [6.07, 6.45) is 4.35. The molecule has 0 saturated carbocycles. The van der Waals surface area contributed by atoms with Gasteiger partial charge in [-0.05, 0) is 32.3 Å². The molecular weight excluding hydrogens is 276 g/mol. The predicted molar refractivity (Wildman–Crippen MR) is 88.8 cm³/mol. The first-order valence-electron chi connectivity index (χ1n) is 8.13. The van der Waals surface area contributed by atoms with Gasteiger partial charge in [0, 0.05) is 51.9 Å². The van der Waals surface area contributed by atoms with Crippen molar-refractivity contribution in [3.8, 4) is 0 Å². The molecule has 0 bridgehead atoms. The zero-order chi connectivity index (χ0) is 16.1. The highest BCUT2D eigenvalue weighted by molar-refractivity contribution is 5.76. The van der Waals surface area contributed by atoms with Crippen LogP contribution in [-0.2, 0) is 18.3 Å². The van der Waals surface area contributed by atoms with Crippen molar-refractivity contribution in [2.45, 2.75) is 33.1 Å². The van der Waals surface area contributed by atoms with Crippen molar-refractivity contribution in [1.82, 2.24) is 19.6 Å². The summed E-state index contributed by atoms with van der Waals surface area (Å²) < 4.78 is 1.90. The van der Waals surface area contributed by atoms with Gasteiger partial charge in [-0.1, -0.05) is 6.08 Å². The number of carbonyl (C=O) groups is 1. The van der Waals surface area contributed by atoms with E-state index in [9.17, 15) is 4.79 Å². The van der Waals surface area contributed by atoms with E-state index in [-0.39, 0.29) is 5.91 Å². The van der Waals surface area contributed by atoms with E-state index in [2.05, 4.69) is 23.5 Å². The summed E-state index contributed by atoms with van der Waals surface area (Å²) in [5, 5.41) is 4.42. The van der Waals surface area contributed by atoms with Gasteiger partial charge >= 0.3 is 0 Å². The Kier molecular flexibility index (Phi) is 5.77. The van der Waals surface area contributed by atoms with Crippen molar-refractivity contribution in [3.63, 3.8) is 0 Å². The number of aryl methyl sites for hydroxylation is 2. The van der Waals surface area contributed by atoms with Crippen LogP contribution in [0.2, 0.25) is 0 Å². The van der Waals surface area contributed by atoms with Crippen LogP contribution in [0.25, 0.3) is 0 Å². The summed E-state index contributed by atoms with van der Waals surface area (Å²) in [6, 6.07) is 0. The van der Waals surface area contributed by atoms with E-state index in [1.807, 2.05) is 29.6 Å². The fraction of sp³-hybridized carbons (Fsp3) is 0.647. The lowest BCUT2D eigenvalue weighted by Crippen LogP contribution is -2.35. The summed E-state index contributed by atoms with van der Waals surface area (Å²) in [4.78, 5) is 16.9. The molecule has 1 aliphatic rings. The normalized spacial score (nSPS) is 16.6. The molecule has 5 heteroatoms. The van der Waals surface area contributed by atoms with Gasteiger partial charge in [-0.3, -0.25) is 14.4 Å². The van der Waals surface area contributed by atoms with Crippen LogP contribution in [0, 0.1) is 13.8 Å². The van der Waals surface area contributed by atoms with E-state index < -0.39 is 0 Å². The van der Waals surface area contributed by atoms with E-state index in [1.54, 1.807) is 0 Å². The second-order valence-electron chi connectivity index (χ2n) is 6.10. The summed E-state index contributed by atoms with van der Waals surface area (Å²) in [5.74, 6) is 0.267. The molecule has 1 aliphatic heterocycles. The molecule has 0 aliphatic carbocycles. The Balaban J connectivity index is 1.88. The van der Waals surface area contributed by atoms with Gasteiger partial charge < -0.3 is 4.90 Å². The molecule has 0 radical (unpaired) electrons. The highest BCUT2D eigenvalue weighted by Crippen LogP contribution is 2.15. The minimum atomic E-state index is 0.267. The van der Waals surface area contributed by atoms with Gasteiger partial charge in [0.2, 0.25) is 5.91 Å². The zero-order valence-electron chi connectivity index (χ0n) is 14.1. The van der Waals surface area contributed by atoms with E-state index in [0.717, 1.165) is 51.3 Å². The van der Waals surface area contributed by atoms with Crippen molar-refractivity contribution in [1.29, 1.82) is 0 Å². The fourth-order valence-corrected chi connectivity index (χ4v) is 3.15. The number of rotatable bonds is 5. The molecule has 1 aromatic rings. The molecule has 1 amide bonds. The molecule has 0 spiro atoms. The molecular formula is C17H28N4O. The van der Waals surface area contributed by atoms with Crippen LogP contribution in [-0.4, -0.2) is 58.2 Å². The van der Waals surface area contributed by atoms with Crippen molar-refractivity contribution in [2.75, 3.05) is 32.7 Å². The summed E-state index contributed by atoms with van der Waals surface area (Å²) >= 11 is 0. The van der Waals surface area contributed by atoms with Crippen LogP contribution in [0.1, 0.15) is 29.8 Å². The summed E-state index contributed by atoms with van der Waals surface area (Å²) in [7, 11) is 1.96. The number of nitrogens with zero attached hydrogens (tertiary/aromatic N) is 4. The van der Waals surface area contributed by atoms with Gasteiger partial charge in [-0.25, -0.2) is 0 Å². The van der Waals surface area contributed by atoms with Crippen LogP contribution in [0.15, 0.2) is 12.7 Å². The Morgan fingerprint density at radius 3 is 2.68 bits per heavy atom. The third kappa shape index (κ3) is 3.97. The fourth-order valence-electron chi connectivity index (χ4n) is 3.15. The van der Waals surface area contributed by atoms with Gasteiger partial charge in [0.25, 0.3) is 0 Å². The summed E-state index contributed by atoms with van der Waals surface area (Å²) in [5.41, 5.74) is 3.43. The lowest BCUT2D eigenvalue weighted by atomic mass is 10.1. The minimum Gasteiger partial charge on any atom is -0.341 e. The average molecular weight is 304 g/mol. The van der Waals surface area contributed by atoms with Crippen molar-refractivity contribution >= 4 is 5.91 Å². The van der Waals surface area contributed by atoms with E-state index in [4.69, 9.17) is 0 Å². The van der Waals surface area contributed by atoms with Crippen molar-refractivity contribution in [2.24, 2.45) is 7.05 Å². The Morgan fingerprint density at radius 1 is 1.27 bits per heavy atom. The number of carbonyl (C=O) groups excluding carboxylic acids is 1. The van der Waals surface area contributed by atoms with E-state index in [0.29, 0.717) is 6.42 Å². The monoisotopic (exact) mass is 304 g/mol. The molecule has 1 aromatic heterocycles. The van der Waals surface area contributed by atoms with Gasteiger partial charge in [0.1, 0.15) is 0 Å². The molecule has 2 heterocycles. The molecule has 1 saturated heterocycles. The Bertz CT molecular complexity index is 535. The van der Waals surface area contributed by atoms with Gasteiger partial charge in [0.15, 0.2) is 0 Å². The Labute approximate surface area is 133 Å². The number of amides is 1. The van der Waals surface area contributed by atoms with Gasteiger partial charge in [-0.2, -0.15) is 5.10 Å². The highest BCUT2D eigenvalue weighted by atomic mass is 16.2. The minimum absolute atomic E-state index is 0.267. The molecule has 0 N–H and O–H groups in total. The molecule has 5 nitrogen and oxygen atoms in total. The average Bonchev–Trinajstić information content (AvgIpc) is 2.67. The molecule has 0 unspecified atom stereocenters. The molecule has 122 valence electrons. The first-order valence-corrected chi connectivity index (χ1v) is 8.13. The van der Waals surface area contributed by atoms with Crippen LogP contribution in [0.3, 0.4) is 0 Å². The standard InChI is InChI=1S/C17H28N4O/c1-5-9-20-10-6-11-21(13-12-20)17(22)8-7-16-14(2)18-19(4)15(16)3/h5H,1,6-13H2,2-4H3. The van der Waals surface area contributed by atoms with Crippen LogP contribution < -0.4 is 0 Å².